The molecule has 0 fully saturated rings. The summed E-state index contributed by atoms with van der Waals surface area (Å²) >= 11 is 14.0. The Morgan fingerprint density at radius 3 is 2.17 bits per heavy atom. The van der Waals surface area contributed by atoms with E-state index >= 15 is 0 Å². The van der Waals surface area contributed by atoms with E-state index in [1.807, 2.05) is 13.0 Å². The minimum atomic E-state index is -0.842. The zero-order valence-electron chi connectivity index (χ0n) is 9.11. The quantitative estimate of drug-likeness (QED) is 0.512. The number of hydrogen-bond donors (Lipinski definition) is 0. The molecule has 1 aromatic carbocycles. The van der Waals surface area contributed by atoms with E-state index in [1.165, 1.54) is 23.5 Å². The molecule has 0 saturated carbocycles. The molecule has 0 aliphatic carbocycles. The Balaban J connectivity index is 2.52. The summed E-state index contributed by atoms with van der Waals surface area (Å²) < 4.78 is 28.8. The van der Waals surface area contributed by atoms with E-state index in [2.05, 4.69) is 31.9 Å². The Morgan fingerprint density at radius 2 is 1.72 bits per heavy atom. The van der Waals surface area contributed by atoms with Gasteiger partial charge in [-0.05, 0) is 41.1 Å². The fourth-order valence-electron chi connectivity index (χ4n) is 1.60. The predicted molar refractivity (Wildman–Crippen MR) is 78.5 cm³/mol. The van der Waals surface area contributed by atoms with Crippen LogP contribution < -0.4 is 0 Å². The number of aryl methyl sites for hydroxylation is 1. The fourth-order valence-corrected chi connectivity index (χ4v) is 4.46. The molecule has 0 N–H and O–H groups in total. The highest BCUT2D eigenvalue weighted by Crippen LogP contribution is 2.41. The molecule has 0 bridgehead atoms. The maximum atomic E-state index is 13.8. The van der Waals surface area contributed by atoms with Crippen LogP contribution in [0.5, 0.6) is 0 Å². The monoisotopic (exact) mass is 414 g/mol. The molecule has 6 heteroatoms. The molecule has 18 heavy (non-hydrogen) atoms. The molecule has 0 aliphatic heterocycles. The minimum Gasteiger partial charge on any atom is -0.206 e. The summed E-state index contributed by atoms with van der Waals surface area (Å²) in [5.41, 5.74) is -0.123. The van der Waals surface area contributed by atoms with Gasteiger partial charge in [-0.25, -0.2) is 8.78 Å². The topological polar surface area (TPSA) is 0 Å². The lowest BCUT2D eigenvalue weighted by molar-refractivity contribution is 0.558. The van der Waals surface area contributed by atoms with Crippen LogP contribution >= 0.6 is 54.8 Å². The van der Waals surface area contributed by atoms with Crippen LogP contribution in [-0.2, 0) is 0 Å². The van der Waals surface area contributed by atoms with Crippen molar-refractivity contribution in [1.82, 2.24) is 0 Å². The minimum absolute atomic E-state index is 0.123. The van der Waals surface area contributed by atoms with E-state index < -0.39 is 17.0 Å². The number of alkyl halides is 1. The van der Waals surface area contributed by atoms with Crippen LogP contribution in [0.4, 0.5) is 8.78 Å². The van der Waals surface area contributed by atoms with Crippen molar-refractivity contribution in [3.63, 3.8) is 0 Å². The van der Waals surface area contributed by atoms with E-state index in [0.717, 1.165) is 9.35 Å². The van der Waals surface area contributed by atoms with Gasteiger partial charge in [0.25, 0.3) is 0 Å². The second kappa shape index (κ2) is 5.57. The number of hydrogen-bond acceptors (Lipinski definition) is 1. The molecule has 0 spiro atoms. The molecule has 0 aliphatic rings. The van der Waals surface area contributed by atoms with Crippen molar-refractivity contribution < 1.29 is 8.78 Å². The van der Waals surface area contributed by atoms with Crippen molar-refractivity contribution in [3.8, 4) is 0 Å². The predicted octanol–water partition coefficient (Wildman–Crippen LogP) is 6.19. The molecule has 0 saturated heterocycles. The first-order valence-electron chi connectivity index (χ1n) is 4.94. The molecule has 1 unspecified atom stereocenters. The van der Waals surface area contributed by atoms with Gasteiger partial charge in [0, 0.05) is 24.3 Å². The smallest absolute Gasteiger partial charge is 0.132 e. The number of halogens is 5. The van der Waals surface area contributed by atoms with Crippen LogP contribution in [0.25, 0.3) is 0 Å². The standard InChI is InChI=1S/C12H7Br2ClF2S/c1-5-2-7(14)12(18-5)11(15)10-8(16)3-6(13)4-9(10)17/h2-4,11H,1H3. The van der Waals surface area contributed by atoms with Gasteiger partial charge in [-0.3, -0.25) is 0 Å². The third-order valence-electron chi connectivity index (χ3n) is 2.36. The summed E-state index contributed by atoms with van der Waals surface area (Å²) in [6, 6.07) is 4.30. The average molecular weight is 417 g/mol. The van der Waals surface area contributed by atoms with E-state index in [4.69, 9.17) is 11.6 Å². The molecule has 0 nitrogen and oxygen atoms in total. The SMILES string of the molecule is Cc1cc(Br)c(C(Cl)c2c(F)cc(Br)cc2F)s1. The Hall–Kier alpha value is 0.0300. The number of thiophene rings is 1. The van der Waals surface area contributed by atoms with Crippen LogP contribution in [0.3, 0.4) is 0 Å². The van der Waals surface area contributed by atoms with Crippen molar-refractivity contribution in [1.29, 1.82) is 0 Å². The van der Waals surface area contributed by atoms with Gasteiger partial charge in [0.1, 0.15) is 11.6 Å². The second-order valence-electron chi connectivity index (χ2n) is 3.71. The molecule has 1 heterocycles. The summed E-state index contributed by atoms with van der Waals surface area (Å²) in [4.78, 5) is 1.73. The Kier molecular flexibility index (Phi) is 4.47. The molecular weight excluding hydrogens is 409 g/mol. The van der Waals surface area contributed by atoms with Gasteiger partial charge >= 0.3 is 0 Å². The summed E-state index contributed by atoms with van der Waals surface area (Å²) in [5.74, 6) is -1.31. The van der Waals surface area contributed by atoms with Gasteiger partial charge in [-0.15, -0.1) is 22.9 Å². The number of rotatable bonds is 2. The molecule has 0 radical (unpaired) electrons. The second-order valence-corrected chi connectivity index (χ2v) is 7.21. The first kappa shape index (κ1) is 14.4. The Morgan fingerprint density at radius 1 is 1.17 bits per heavy atom. The van der Waals surface area contributed by atoms with Crippen molar-refractivity contribution >= 4 is 54.8 Å². The summed E-state index contributed by atoms with van der Waals surface area (Å²) in [6.07, 6.45) is 0. The van der Waals surface area contributed by atoms with Gasteiger partial charge in [-0.2, -0.15) is 0 Å². The number of benzene rings is 1. The maximum Gasteiger partial charge on any atom is 0.132 e. The Labute approximate surface area is 129 Å². The van der Waals surface area contributed by atoms with Crippen molar-refractivity contribution in [2.24, 2.45) is 0 Å². The van der Waals surface area contributed by atoms with Gasteiger partial charge in [0.05, 0.1) is 5.38 Å². The van der Waals surface area contributed by atoms with E-state index in [1.54, 1.807) is 0 Å². The van der Waals surface area contributed by atoms with Gasteiger partial charge in [0.15, 0.2) is 0 Å². The zero-order valence-corrected chi connectivity index (χ0v) is 13.9. The lowest BCUT2D eigenvalue weighted by Gasteiger charge is -2.11. The average Bonchev–Trinajstić information content (AvgIpc) is 2.56. The van der Waals surface area contributed by atoms with Crippen LogP contribution in [0.1, 0.15) is 20.7 Å². The van der Waals surface area contributed by atoms with E-state index in [0.29, 0.717) is 9.35 Å². The van der Waals surface area contributed by atoms with E-state index in [-0.39, 0.29) is 5.56 Å². The molecule has 1 atom stereocenters. The molecule has 2 rings (SSSR count). The Bertz CT molecular complexity index is 575. The van der Waals surface area contributed by atoms with Gasteiger partial charge in [0.2, 0.25) is 0 Å². The highest BCUT2D eigenvalue weighted by Gasteiger charge is 2.24. The molecular formula is C12H7Br2ClF2S. The fraction of sp³-hybridized carbons (Fsp3) is 0.167. The third-order valence-corrected chi connectivity index (χ3v) is 5.42. The van der Waals surface area contributed by atoms with Gasteiger partial charge < -0.3 is 0 Å². The lowest BCUT2D eigenvalue weighted by atomic mass is 10.1. The van der Waals surface area contributed by atoms with Crippen LogP contribution in [0.15, 0.2) is 27.1 Å². The largest absolute Gasteiger partial charge is 0.206 e. The third kappa shape index (κ3) is 2.79. The highest BCUT2D eigenvalue weighted by molar-refractivity contribution is 9.10. The van der Waals surface area contributed by atoms with Crippen LogP contribution in [0.2, 0.25) is 0 Å². The zero-order chi connectivity index (χ0) is 13.4. The maximum absolute atomic E-state index is 13.8. The summed E-state index contributed by atoms with van der Waals surface area (Å²) in [7, 11) is 0. The van der Waals surface area contributed by atoms with Crippen molar-refractivity contribution in [3.05, 3.63) is 54.1 Å². The lowest BCUT2D eigenvalue weighted by Crippen LogP contribution is -2.00. The normalized spacial score (nSPS) is 12.8. The highest BCUT2D eigenvalue weighted by atomic mass is 79.9. The molecule has 2 aromatic rings. The summed E-state index contributed by atoms with van der Waals surface area (Å²) in [6.45, 7) is 1.91. The van der Waals surface area contributed by atoms with Gasteiger partial charge in [-0.1, -0.05) is 15.9 Å². The van der Waals surface area contributed by atoms with Crippen LogP contribution in [-0.4, -0.2) is 0 Å². The first-order chi connectivity index (χ1) is 8.40. The summed E-state index contributed by atoms with van der Waals surface area (Å²) in [5, 5.41) is -0.842. The van der Waals surface area contributed by atoms with Crippen LogP contribution in [0, 0.1) is 18.6 Å². The molecule has 96 valence electrons. The van der Waals surface area contributed by atoms with Crippen molar-refractivity contribution in [2.45, 2.75) is 12.3 Å². The van der Waals surface area contributed by atoms with E-state index in [9.17, 15) is 8.78 Å². The first-order valence-corrected chi connectivity index (χ1v) is 7.78. The van der Waals surface area contributed by atoms with Crippen molar-refractivity contribution in [2.75, 3.05) is 0 Å². The molecule has 1 aromatic heterocycles. The molecule has 0 amide bonds.